The Balaban J connectivity index is 1.63. The van der Waals surface area contributed by atoms with Crippen molar-refractivity contribution >= 4 is 28.3 Å². The molecule has 0 spiro atoms. The Hall–Kier alpha value is -3.14. The summed E-state index contributed by atoms with van der Waals surface area (Å²) in [6, 6.07) is 3.50. The molecule has 0 saturated heterocycles. The molecule has 4 rings (SSSR count). The van der Waals surface area contributed by atoms with Gasteiger partial charge in [0.25, 0.3) is 5.91 Å². The molecule has 0 unspecified atom stereocenters. The van der Waals surface area contributed by atoms with E-state index in [4.69, 9.17) is 4.74 Å². The molecular formula is C20H18F2N4O3S. The van der Waals surface area contributed by atoms with Gasteiger partial charge >= 0.3 is 5.97 Å². The van der Waals surface area contributed by atoms with Gasteiger partial charge < -0.3 is 4.74 Å². The molecule has 0 fully saturated rings. The van der Waals surface area contributed by atoms with Gasteiger partial charge in [-0.1, -0.05) is 11.3 Å². The lowest BCUT2D eigenvalue weighted by atomic mass is 10.2. The third kappa shape index (κ3) is 3.58. The summed E-state index contributed by atoms with van der Waals surface area (Å²) in [6.07, 6.45) is 2.17. The number of ether oxygens (including phenoxy) is 1. The second-order valence-corrected chi connectivity index (χ2v) is 7.74. The number of nitrogens with zero attached hydrogens (tertiary/aromatic N) is 3. The number of halogens is 2. The third-order valence-corrected chi connectivity index (χ3v) is 5.82. The van der Waals surface area contributed by atoms with Crippen LogP contribution in [-0.2, 0) is 17.6 Å². The summed E-state index contributed by atoms with van der Waals surface area (Å²) in [7, 11) is 0. The van der Waals surface area contributed by atoms with Crippen molar-refractivity contribution in [2.45, 2.75) is 33.1 Å². The average molecular weight is 432 g/mol. The highest BCUT2D eigenvalue weighted by atomic mass is 32.1. The van der Waals surface area contributed by atoms with Crippen LogP contribution in [0.25, 0.3) is 5.69 Å². The number of benzene rings is 1. The molecule has 10 heteroatoms. The second-order valence-electron chi connectivity index (χ2n) is 6.75. The summed E-state index contributed by atoms with van der Waals surface area (Å²) >= 11 is 1.03. The van der Waals surface area contributed by atoms with Gasteiger partial charge in [-0.2, -0.15) is 5.10 Å². The summed E-state index contributed by atoms with van der Waals surface area (Å²) in [5.41, 5.74) is 2.59. The van der Waals surface area contributed by atoms with Gasteiger partial charge in [-0.15, -0.1) is 0 Å². The molecule has 2 aromatic heterocycles. The van der Waals surface area contributed by atoms with Crippen LogP contribution in [0.4, 0.5) is 13.9 Å². The van der Waals surface area contributed by atoms with Crippen LogP contribution in [0.1, 0.15) is 50.5 Å². The number of hydrogen-bond acceptors (Lipinski definition) is 6. The molecule has 1 N–H and O–H groups in total. The topological polar surface area (TPSA) is 86.1 Å². The zero-order valence-corrected chi connectivity index (χ0v) is 17.1. The zero-order chi connectivity index (χ0) is 21.4. The van der Waals surface area contributed by atoms with Crippen LogP contribution < -0.4 is 5.32 Å². The summed E-state index contributed by atoms with van der Waals surface area (Å²) in [6.45, 7) is 3.61. The van der Waals surface area contributed by atoms with Crippen molar-refractivity contribution in [1.82, 2.24) is 14.8 Å². The fraction of sp³-hybridized carbons (Fsp3) is 0.300. The van der Waals surface area contributed by atoms with Crippen LogP contribution in [0.2, 0.25) is 0 Å². The van der Waals surface area contributed by atoms with Crippen LogP contribution in [0.5, 0.6) is 0 Å². The molecule has 0 aliphatic heterocycles. The molecule has 7 nitrogen and oxygen atoms in total. The van der Waals surface area contributed by atoms with Crippen molar-refractivity contribution in [1.29, 1.82) is 0 Å². The molecule has 0 saturated carbocycles. The molecule has 0 radical (unpaired) electrons. The van der Waals surface area contributed by atoms with Crippen LogP contribution in [0.3, 0.4) is 0 Å². The fourth-order valence-electron chi connectivity index (χ4n) is 3.44. The standard InChI is InChI=1S/C20H18F2N4O3S/c1-3-29-19(28)17-10(2)23-20(30-17)24-18(27)16-12-5-4-6-15(12)26(25-16)11-7-8-13(21)14(22)9-11/h7-9H,3-6H2,1-2H3,(H,23,24,27). The molecule has 156 valence electrons. The van der Waals surface area contributed by atoms with E-state index >= 15 is 0 Å². The quantitative estimate of drug-likeness (QED) is 0.620. The van der Waals surface area contributed by atoms with Crippen LogP contribution in [-0.4, -0.2) is 33.2 Å². The van der Waals surface area contributed by atoms with E-state index in [9.17, 15) is 18.4 Å². The van der Waals surface area contributed by atoms with Crippen molar-refractivity contribution in [2.24, 2.45) is 0 Å². The van der Waals surface area contributed by atoms with Crippen molar-refractivity contribution in [3.63, 3.8) is 0 Å². The number of hydrogen-bond donors (Lipinski definition) is 1. The van der Waals surface area contributed by atoms with Gasteiger partial charge in [0.2, 0.25) is 0 Å². The lowest BCUT2D eigenvalue weighted by molar-refractivity contribution is 0.0531. The van der Waals surface area contributed by atoms with E-state index in [1.807, 2.05) is 0 Å². The number of amides is 1. The number of esters is 1. The second kappa shape index (κ2) is 7.94. The molecule has 3 aromatic rings. The first-order valence-corrected chi connectivity index (χ1v) is 10.2. The Morgan fingerprint density at radius 1 is 1.27 bits per heavy atom. The highest BCUT2D eigenvalue weighted by molar-refractivity contribution is 7.17. The lowest BCUT2D eigenvalue weighted by Gasteiger charge is -2.06. The zero-order valence-electron chi connectivity index (χ0n) is 16.3. The molecule has 1 aromatic carbocycles. The predicted octanol–water partition coefficient (Wildman–Crippen LogP) is 3.83. The molecule has 1 aliphatic rings. The van der Waals surface area contributed by atoms with Gasteiger partial charge in [0, 0.05) is 17.3 Å². The summed E-state index contributed by atoms with van der Waals surface area (Å²) in [5.74, 6) is -2.89. The van der Waals surface area contributed by atoms with Crippen molar-refractivity contribution in [3.8, 4) is 5.69 Å². The lowest BCUT2D eigenvalue weighted by Crippen LogP contribution is -2.15. The Kier molecular flexibility index (Phi) is 5.33. The molecular weight excluding hydrogens is 414 g/mol. The number of carbonyl (C=O) groups excluding carboxylic acids is 2. The third-order valence-electron chi connectivity index (χ3n) is 4.77. The Bertz CT molecular complexity index is 1160. The maximum absolute atomic E-state index is 13.7. The first kappa shape index (κ1) is 20.1. The number of fused-ring (bicyclic) bond motifs is 1. The van der Waals surface area contributed by atoms with Gasteiger partial charge in [0.15, 0.2) is 22.5 Å². The van der Waals surface area contributed by atoms with Crippen molar-refractivity contribution < 1.29 is 23.1 Å². The number of aryl methyl sites for hydroxylation is 1. The normalized spacial score (nSPS) is 12.7. The minimum Gasteiger partial charge on any atom is -0.462 e. The molecule has 1 aliphatic carbocycles. The van der Waals surface area contributed by atoms with Crippen molar-refractivity contribution in [3.05, 3.63) is 57.4 Å². The van der Waals surface area contributed by atoms with Crippen molar-refractivity contribution in [2.75, 3.05) is 11.9 Å². The Labute approximate surface area is 174 Å². The van der Waals surface area contributed by atoms with Gasteiger partial charge in [0.05, 0.1) is 18.0 Å². The van der Waals surface area contributed by atoms with Gasteiger partial charge in [-0.25, -0.2) is 23.2 Å². The number of thiazole rings is 1. The highest BCUT2D eigenvalue weighted by Gasteiger charge is 2.28. The van der Waals surface area contributed by atoms with E-state index in [0.29, 0.717) is 29.1 Å². The maximum atomic E-state index is 13.7. The highest BCUT2D eigenvalue weighted by Crippen LogP contribution is 2.30. The van der Waals surface area contributed by atoms with Gasteiger partial charge in [0.1, 0.15) is 4.88 Å². The molecule has 0 bridgehead atoms. The maximum Gasteiger partial charge on any atom is 0.350 e. The first-order valence-electron chi connectivity index (χ1n) is 9.41. The van der Waals surface area contributed by atoms with E-state index in [1.54, 1.807) is 13.8 Å². The van der Waals surface area contributed by atoms with Crippen LogP contribution in [0.15, 0.2) is 18.2 Å². The number of nitrogens with one attached hydrogen (secondary N) is 1. The number of carbonyl (C=O) groups is 2. The van der Waals surface area contributed by atoms with Crippen LogP contribution in [0, 0.1) is 18.6 Å². The smallest absolute Gasteiger partial charge is 0.350 e. The molecule has 0 atom stereocenters. The Morgan fingerprint density at radius 2 is 2.07 bits per heavy atom. The van der Waals surface area contributed by atoms with E-state index in [1.165, 1.54) is 10.7 Å². The number of anilines is 1. The number of aromatic nitrogens is 3. The summed E-state index contributed by atoms with van der Waals surface area (Å²) in [4.78, 5) is 29.4. The summed E-state index contributed by atoms with van der Waals surface area (Å²) in [5, 5.41) is 7.30. The van der Waals surface area contributed by atoms with E-state index in [2.05, 4.69) is 15.4 Å². The number of rotatable bonds is 5. The fourth-order valence-corrected chi connectivity index (χ4v) is 4.30. The predicted molar refractivity (Wildman–Crippen MR) is 106 cm³/mol. The van der Waals surface area contributed by atoms with E-state index in [-0.39, 0.29) is 17.4 Å². The minimum absolute atomic E-state index is 0.206. The molecule has 2 heterocycles. The average Bonchev–Trinajstić information content (AvgIpc) is 3.39. The first-order chi connectivity index (χ1) is 14.4. The van der Waals surface area contributed by atoms with Crippen LogP contribution >= 0.6 is 11.3 Å². The van der Waals surface area contributed by atoms with Gasteiger partial charge in [-0.05, 0) is 45.2 Å². The van der Waals surface area contributed by atoms with E-state index < -0.39 is 23.5 Å². The molecule has 1 amide bonds. The monoisotopic (exact) mass is 432 g/mol. The molecule has 30 heavy (non-hydrogen) atoms. The Morgan fingerprint density at radius 3 is 2.80 bits per heavy atom. The van der Waals surface area contributed by atoms with E-state index in [0.717, 1.165) is 41.1 Å². The minimum atomic E-state index is -0.981. The SMILES string of the molecule is CCOC(=O)c1sc(NC(=O)c2nn(-c3ccc(F)c(F)c3)c3c2CCC3)nc1C. The van der Waals surface area contributed by atoms with Gasteiger partial charge in [-0.3, -0.25) is 10.1 Å². The summed E-state index contributed by atoms with van der Waals surface area (Å²) < 4.78 is 33.5. The largest absolute Gasteiger partial charge is 0.462 e.